The van der Waals surface area contributed by atoms with Gasteiger partial charge in [0.15, 0.2) is 0 Å². The number of isocyanates is 1. The highest BCUT2D eigenvalue weighted by molar-refractivity contribution is 7.13. The number of thiazole rings is 2. The highest BCUT2D eigenvalue weighted by Gasteiger charge is 2.38. The number of aromatic nitrogens is 2. The summed E-state index contributed by atoms with van der Waals surface area (Å²) in [6.45, 7) is 13.9. The van der Waals surface area contributed by atoms with Gasteiger partial charge >= 0.3 is 6.09 Å². The lowest BCUT2D eigenvalue weighted by Crippen LogP contribution is -2.53. The number of hydrogen-bond donors (Lipinski definition) is 2. The molecule has 10 nitrogen and oxygen atoms in total. The summed E-state index contributed by atoms with van der Waals surface area (Å²) in [4.78, 5) is 40.3. The summed E-state index contributed by atoms with van der Waals surface area (Å²) >= 11 is 2.91. The number of amides is 1. The Morgan fingerprint density at radius 1 is 0.815 bits per heavy atom. The van der Waals surface area contributed by atoms with Crippen LogP contribution >= 0.6 is 22.7 Å². The quantitative estimate of drug-likeness (QED) is 0.146. The predicted molar refractivity (Wildman–Crippen MR) is 207 cm³/mol. The van der Waals surface area contributed by atoms with Crippen molar-refractivity contribution in [2.24, 2.45) is 16.8 Å². The van der Waals surface area contributed by atoms with Crippen LogP contribution in [0.15, 0.2) is 64.3 Å². The van der Waals surface area contributed by atoms with E-state index in [-0.39, 0.29) is 23.8 Å². The summed E-state index contributed by atoms with van der Waals surface area (Å²) < 4.78 is 31.7. The Labute approximate surface area is 323 Å². The molecular weight excluding hydrogens is 731 g/mol. The van der Waals surface area contributed by atoms with E-state index in [0.717, 1.165) is 65.9 Å². The fourth-order valence-electron chi connectivity index (χ4n) is 7.20. The van der Waals surface area contributed by atoms with Crippen LogP contribution in [0.5, 0.6) is 0 Å². The third-order valence-corrected chi connectivity index (χ3v) is 12.5. The average molecular weight is 779 g/mol. The number of rotatable bonds is 7. The van der Waals surface area contributed by atoms with E-state index in [1.54, 1.807) is 44.2 Å². The molecule has 6 fully saturated rings. The van der Waals surface area contributed by atoms with E-state index in [4.69, 9.17) is 4.74 Å². The smallest absolute Gasteiger partial charge is 0.408 e. The van der Waals surface area contributed by atoms with Gasteiger partial charge in [-0.3, -0.25) is 4.90 Å². The van der Waals surface area contributed by atoms with E-state index < -0.39 is 17.2 Å². The molecule has 14 heteroatoms. The number of halogens is 2. The zero-order chi connectivity index (χ0) is 38.5. The summed E-state index contributed by atoms with van der Waals surface area (Å²) in [5.41, 5.74) is 1.83. The Bertz CT molecular complexity index is 1900. The zero-order valence-electron chi connectivity index (χ0n) is 31.1. The molecule has 4 aromatic rings. The second kappa shape index (κ2) is 17.3. The van der Waals surface area contributed by atoms with Crippen LogP contribution in [-0.2, 0) is 20.6 Å². The van der Waals surface area contributed by atoms with E-state index in [1.165, 1.54) is 72.9 Å². The van der Waals surface area contributed by atoms with Crippen molar-refractivity contribution in [1.82, 2.24) is 25.1 Å². The number of aliphatic hydroxyl groups excluding tert-OH is 1. The van der Waals surface area contributed by atoms with Gasteiger partial charge in [0, 0.05) is 35.0 Å². The van der Waals surface area contributed by atoms with Crippen LogP contribution in [0.2, 0.25) is 0 Å². The first-order valence-corrected chi connectivity index (χ1v) is 20.2. The van der Waals surface area contributed by atoms with Crippen molar-refractivity contribution in [1.29, 1.82) is 0 Å². The highest BCUT2D eigenvalue weighted by atomic mass is 32.1. The Morgan fingerprint density at radius 2 is 1.30 bits per heavy atom. The maximum atomic E-state index is 13.1. The molecule has 6 aliphatic heterocycles. The number of nitrogens with one attached hydrogen (secondary N) is 1. The highest BCUT2D eigenvalue weighted by Crippen LogP contribution is 2.33. The monoisotopic (exact) mass is 778 g/mol. The van der Waals surface area contributed by atoms with Gasteiger partial charge in [-0.05, 0) is 140 Å². The van der Waals surface area contributed by atoms with Crippen LogP contribution in [-0.4, -0.2) is 88.5 Å². The molecule has 54 heavy (non-hydrogen) atoms. The SMILES string of the molecule is CC(C)(N=C=O)c1csc(-c2ccc(F)cc2)n1.CC(C)(NC(=O)O[C@@H]1CN2CCC1CC2)c1csc(-c2ccc(F)cc2)n1.O[C@@H]1CN2CCC1CC2. The molecule has 2 atom stereocenters. The third-order valence-electron chi connectivity index (χ3n) is 10.7. The number of benzene rings is 2. The van der Waals surface area contributed by atoms with E-state index >= 15 is 0 Å². The number of carbonyl (C=O) groups excluding carboxylic acids is 2. The second-order valence-electron chi connectivity index (χ2n) is 15.4. The topological polar surface area (TPSA) is 120 Å². The minimum atomic E-state index is -0.684. The summed E-state index contributed by atoms with van der Waals surface area (Å²) in [6, 6.07) is 12.4. The van der Waals surface area contributed by atoms with Crippen molar-refractivity contribution < 1.29 is 28.2 Å². The first-order valence-electron chi connectivity index (χ1n) is 18.4. The van der Waals surface area contributed by atoms with E-state index in [0.29, 0.717) is 17.5 Å². The van der Waals surface area contributed by atoms with Gasteiger partial charge in [0.25, 0.3) is 0 Å². The molecule has 6 aliphatic rings. The summed E-state index contributed by atoms with van der Waals surface area (Å²) in [5.74, 6) is 0.567. The number of piperidine rings is 6. The van der Waals surface area contributed by atoms with Crippen molar-refractivity contribution in [3.8, 4) is 21.1 Å². The number of nitrogens with zero attached hydrogens (tertiary/aromatic N) is 5. The number of aliphatic hydroxyl groups is 1. The van der Waals surface area contributed by atoms with Crippen molar-refractivity contribution in [3.05, 3.63) is 82.3 Å². The van der Waals surface area contributed by atoms with Gasteiger partial charge in [-0.1, -0.05) is 0 Å². The lowest BCUT2D eigenvalue weighted by atomic mass is 9.86. The molecule has 10 rings (SSSR count). The molecule has 2 aromatic heterocycles. The van der Waals surface area contributed by atoms with Gasteiger partial charge < -0.3 is 20.1 Å². The van der Waals surface area contributed by atoms with Gasteiger partial charge in [0.2, 0.25) is 6.08 Å². The fraction of sp³-hybridized carbons (Fsp3) is 0.500. The normalized spacial score (nSPS) is 24.3. The zero-order valence-corrected chi connectivity index (χ0v) is 32.8. The lowest BCUT2D eigenvalue weighted by molar-refractivity contribution is -0.0350. The first-order chi connectivity index (χ1) is 25.8. The third kappa shape index (κ3) is 10.0. The van der Waals surface area contributed by atoms with Gasteiger partial charge in [-0.2, -0.15) is 4.99 Å². The molecule has 288 valence electrons. The predicted octanol–water partition coefficient (Wildman–Crippen LogP) is 7.60. The molecule has 1 amide bonds. The van der Waals surface area contributed by atoms with Crippen LogP contribution in [0, 0.1) is 23.5 Å². The molecule has 0 aliphatic carbocycles. The molecule has 0 saturated carbocycles. The number of fused-ring (bicyclic) bond motifs is 6. The minimum absolute atomic E-state index is 0.00694. The number of ether oxygens (including phenoxy) is 1. The Kier molecular flexibility index (Phi) is 12.7. The number of hydrogen-bond acceptors (Lipinski definition) is 11. The second-order valence-corrected chi connectivity index (χ2v) is 17.1. The summed E-state index contributed by atoms with van der Waals surface area (Å²) in [5, 5.41) is 17.7. The Morgan fingerprint density at radius 3 is 1.72 bits per heavy atom. The molecule has 0 unspecified atom stereocenters. The van der Waals surface area contributed by atoms with Crippen molar-refractivity contribution in [3.63, 3.8) is 0 Å². The first kappa shape index (κ1) is 39.8. The molecule has 2 aromatic carbocycles. The van der Waals surface area contributed by atoms with E-state index in [9.17, 15) is 23.5 Å². The maximum absolute atomic E-state index is 13.1. The van der Waals surface area contributed by atoms with Crippen molar-refractivity contribution in [2.75, 3.05) is 39.3 Å². The van der Waals surface area contributed by atoms with Crippen LogP contribution < -0.4 is 5.32 Å². The van der Waals surface area contributed by atoms with Gasteiger partial charge in [0.1, 0.15) is 33.3 Å². The number of carbonyl (C=O) groups is 1. The molecule has 6 saturated heterocycles. The van der Waals surface area contributed by atoms with Gasteiger partial charge in [-0.25, -0.2) is 28.3 Å². The minimum Gasteiger partial charge on any atom is -0.445 e. The lowest BCUT2D eigenvalue weighted by Gasteiger charge is -2.44. The Hall–Kier alpha value is -3.91. The summed E-state index contributed by atoms with van der Waals surface area (Å²) in [6.07, 6.45) is 5.79. The molecule has 0 spiro atoms. The maximum Gasteiger partial charge on any atom is 0.408 e. The molecule has 0 radical (unpaired) electrons. The fourth-order valence-corrected chi connectivity index (χ4v) is 9.18. The standard InChI is InChI=1S/C20H24FN3O2S.C13H11FN2OS.C7H13NO/c1-20(2,17-12-27-18(22-17)14-3-5-15(21)6-4-14)23-19(25)26-16-11-24-9-7-13(16)8-10-24;1-13(2,15-8-17)11-7-18-12(16-11)9-3-5-10(14)6-4-9;9-7-5-8-3-1-6(7)2-4-8/h3-6,12-13,16H,7-11H2,1-2H3,(H,23,25);3-7H,1-2H3;6-7,9H,1-5H2/t16-;;7-/m1.1/s1. The molecule has 8 heterocycles. The molecular formula is C40H48F2N6O4S2. The van der Waals surface area contributed by atoms with Crippen molar-refractivity contribution >= 4 is 34.8 Å². The Balaban J connectivity index is 0.000000157. The van der Waals surface area contributed by atoms with Gasteiger partial charge in [-0.15, -0.1) is 22.7 Å². The van der Waals surface area contributed by atoms with Crippen LogP contribution in [0.1, 0.15) is 64.8 Å². The number of aliphatic imine (C=N–C) groups is 1. The van der Waals surface area contributed by atoms with E-state index in [1.807, 2.05) is 24.6 Å². The van der Waals surface area contributed by atoms with Crippen LogP contribution in [0.3, 0.4) is 0 Å². The van der Waals surface area contributed by atoms with E-state index in [2.05, 4.69) is 30.1 Å². The largest absolute Gasteiger partial charge is 0.445 e. The van der Waals surface area contributed by atoms with Crippen molar-refractivity contribution in [2.45, 2.75) is 76.7 Å². The summed E-state index contributed by atoms with van der Waals surface area (Å²) in [7, 11) is 0. The van der Waals surface area contributed by atoms with Gasteiger partial charge in [0.05, 0.1) is 23.0 Å². The molecule has 2 N–H and O–H groups in total. The van der Waals surface area contributed by atoms with Crippen LogP contribution in [0.25, 0.3) is 21.1 Å². The number of alkyl carbamates (subject to hydrolysis) is 1. The van der Waals surface area contributed by atoms with Crippen LogP contribution in [0.4, 0.5) is 13.6 Å². The molecule has 4 bridgehead atoms. The average Bonchev–Trinajstić information content (AvgIpc) is 3.86.